The maximum absolute atomic E-state index is 13.4. The highest BCUT2D eigenvalue weighted by atomic mass is 32.2. The Bertz CT molecular complexity index is 1280. The zero-order valence-corrected chi connectivity index (χ0v) is 19.1. The molecular weight excluding hydrogens is 446 g/mol. The number of amides is 1. The van der Waals surface area contributed by atoms with E-state index in [0.717, 1.165) is 26.2 Å². The van der Waals surface area contributed by atoms with Gasteiger partial charge in [-0.2, -0.15) is 0 Å². The van der Waals surface area contributed by atoms with E-state index in [1.807, 2.05) is 12.1 Å². The standard InChI is InChI=1S/C22H21N5O3S2/c1-24-8-10-25(11-9-24)19-16(20(28)26-7-3-2-6-18(26)23-19)13-17-21(29)27(22(31)32-17)14-15-5-4-12-30-15/h2-7,12-13H,8-11,14H2,1H3/b17-13+. The van der Waals surface area contributed by atoms with E-state index in [4.69, 9.17) is 21.6 Å². The van der Waals surface area contributed by atoms with Crippen molar-refractivity contribution in [2.45, 2.75) is 6.54 Å². The number of carbonyl (C=O) groups is 1. The van der Waals surface area contributed by atoms with Gasteiger partial charge in [-0.25, -0.2) is 4.98 Å². The normalized spacial score (nSPS) is 19.0. The largest absolute Gasteiger partial charge is 0.467 e. The van der Waals surface area contributed by atoms with E-state index in [2.05, 4.69) is 16.8 Å². The minimum absolute atomic E-state index is 0.208. The van der Waals surface area contributed by atoms with Gasteiger partial charge in [-0.1, -0.05) is 30.0 Å². The molecule has 5 heterocycles. The fraction of sp³-hybridized carbons (Fsp3) is 0.273. The van der Waals surface area contributed by atoms with Gasteiger partial charge in [0.1, 0.15) is 21.5 Å². The molecule has 3 aromatic heterocycles. The van der Waals surface area contributed by atoms with Crippen molar-refractivity contribution in [2.24, 2.45) is 0 Å². The summed E-state index contributed by atoms with van der Waals surface area (Å²) in [6.45, 7) is 3.52. The summed E-state index contributed by atoms with van der Waals surface area (Å²) in [6.07, 6.45) is 4.90. The maximum Gasteiger partial charge on any atom is 0.267 e. The second kappa shape index (κ2) is 8.53. The minimum Gasteiger partial charge on any atom is -0.467 e. The number of carbonyl (C=O) groups excluding carboxylic acids is 1. The zero-order valence-electron chi connectivity index (χ0n) is 17.4. The molecule has 32 heavy (non-hydrogen) atoms. The monoisotopic (exact) mass is 467 g/mol. The fourth-order valence-corrected chi connectivity index (χ4v) is 5.04. The molecule has 10 heteroatoms. The van der Waals surface area contributed by atoms with E-state index in [9.17, 15) is 9.59 Å². The quantitative estimate of drug-likeness (QED) is 0.428. The van der Waals surface area contributed by atoms with Crippen LogP contribution < -0.4 is 10.5 Å². The zero-order chi connectivity index (χ0) is 22.2. The summed E-state index contributed by atoms with van der Waals surface area (Å²) in [5.74, 6) is 1.01. The van der Waals surface area contributed by atoms with Crippen molar-refractivity contribution in [3.05, 3.63) is 69.4 Å². The second-order valence-electron chi connectivity index (χ2n) is 7.72. The smallest absolute Gasteiger partial charge is 0.267 e. The minimum atomic E-state index is -0.238. The number of furan rings is 1. The van der Waals surface area contributed by atoms with Crippen molar-refractivity contribution in [2.75, 3.05) is 38.1 Å². The van der Waals surface area contributed by atoms with Crippen molar-refractivity contribution in [3.8, 4) is 0 Å². The molecule has 3 aromatic rings. The third-order valence-corrected chi connectivity index (χ3v) is 6.97. The highest BCUT2D eigenvalue weighted by Gasteiger charge is 2.33. The Morgan fingerprint density at radius 2 is 1.97 bits per heavy atom. The fourth-order valence-electron chi connectivity index (χ4n) is 3.80. The molecule has 5 rings (SSSR count). The van der Waals surface area contributed by atoms with Crippen molar-refractivity contribution in [1.82, 2.24) is 19.2 Å². The van der Waals surface area contributed by atoms with Gasteiger partial charge in [0.05, 0.1) is 23.3 Å². The van der Waals surface area contributed by atoms with Crippen LogP contribution in [-0.4, -0.2) is 62.6 Å². The Labute approximate surface area is 194 Å². The van der Waals surface area contributed by atoms with Gasteiger partial charge in [0.15, 0.2) is 0 Å². The first-order chi connectivity index (χ1) is 15.5. The highest BCUT2D eigenvalue weighted by molar-refractivity contribution is 8.26. The van der Waals surface area contributed by atoms with Crippen LogP contribution in [0.1, 0.15) is 11.3 Å². The van der Waals surface area contributed by atoms with Gasteiger partial charge < -0.3 is 14.2 Å². The Kier molecular flexibility index (Phi) is 5.58. The third-order valence-electron chi connectivity index (χ3n) is 5.59. The molecule has 0 saturated carbocycles. The van der Waals surface area contributed by atoms with Gasteiger partial charge in [0, 0.05) is 32.4 Å². The number of rotatable bonds is 4. The SMILES string of the molecule is CN1CCN(c2nc3ccccn3c(=O)c2/C=C2/SC(=S)N(Cc3ccco3)C2=O)CC1. The molecule has 2 aliphatic heterocycles. The molecular formula is C22H21N5O3S2. The van der Waals surface area contributed by atoms with Crippen LogP contribution in [0.5, 0.6) is 0 Å². The summed E-state index contributed by atoms with van der Waals surface area (Å²) < 4.78 is 7.31. The lowest BCUT2D eigenvalue weighted by molar-refractivity contribution is -0.122. The molecule has 8 nitrogen and oxygen atoms in total. The molecule has 2 aliphatic rings. The van der Waals surface area contributed by atoms with E-state index in [-0.39, 0.29) is 18.0 Å². The van der Waals surface area contributed by atoms with Crippen LogP contribution in [0, 0.1) is 0 Å². The summed E-state index contributed by atoms with van der Waals surface area (Å²) in [5, 5.41) is 0. The molecule has 2 saturated heterocycles. The number of hydrogen-bond acceptors (Lipinski definition) is 8. The lowest BCUT2D eigenvalue weighted by Crippen LogP contribution is -2.45. The van der Waals surface area contributed by atoms with Crippen LogP contribution in [0.15, 0.2) is 56.9 Å². The van der Waals surface area contributed by atoms with Crippen LogP contribution >= 0.6 is 24.0 Å². The predicted octanol–water partition coefficient (Wildman–Crippen LogP) is 2.44. The van der Waals surface area contributed by atoms with Gasteiger partial charge in [-0.05, 0) is 37.4 Å². The van der Waals surface area contributed by atoms with E-state index in [1.54, 1.807) is 36.7 Å². The predicted molar refractivity (Wildman–Crippen MR) is 129 cm³/mol. The number of hydrogen-bond donors (Lipinski definition) is 0. The Morgan fingerprint density at radius 1 is 1.16 bits per heavy atom. The van der Waals surface area contributed by atoms with Crippen LogP contribution in [0.4, 0.5) is 5.82 Å². The Morgan fingerprint density at radius 3 is 2.72 bits per heavy atom. The first-order valence-corrected chi connectivity index (χ1v) is 11.5. The molecule has 0 aliphatic carbocycles. The molecule has 164 valence electrons. The van der Waals surface area contributed by atoms with E-state index < -0.39 is 0 Å². The van der Waals surface area contributed by atoms with Crippen molar-refractivity contribution < 1.29 is 9.21 Å². The first-order valence-electron chi connectivity index (χ1n) is 10.2. The highest BCUT2D eigenvalue weighted by Crippen LogP contribution is 2.34. The van der Waals surface area contributed by atoms with Gasteiger partial charge >= 0.3 is 0 Å². The summed E-state index contributed by atoms with van der Waals surface area (Å²) >= 11 is 6.63. The molecule has 2 fully saturated rings. The van der Waals surface area contributed by atoms with Gasteiger partial charge in [0.25, 0.3) is 11.5 Å². The van der Waals surface area contributed by atoms with Crippen LogP contribution in [0.2, 0.25) is 0 Å². The average Bonchev–Trinajstić information content (AvgIpc) is 3.40. The van der Waals surface area contributed by atoms with Crippen LogP contribution in [0.3, 0.4) is 0 Å². The lowest BCUT2D eigenvalue weighted by atomic mass is 10.2. The summed E-state index contributed by atoms with van der Waals surface area (Å²) in [5.41, 5.74) is 0.770. The van der Waals surface area contributed by atoms with Crippen molar-refractivity contribution in [3.63, 3.8) is 0 Å². The van der Waals surface area contributed by atoms with E-state index in [0.29, 0.717) is 32.0 Å². The maximum atomic E-state index is 13.4. The number of fused-ring (bicyclic) bond motifs is 1. The molecule has 0 bridgehead atoms. The number of pyridine rings is 1. The molecule has 0 N–H and O–H groups in total. The number of thioether (sulfide) groups is 1. The molecule has 0 spiro atoms. The van der Waals surface area contributed by atoms with Gasteiger partial charge in [-0.15, -0.1) is 0 Å². The number of nitrogens with zero attached hydrogens (tertiary/aromatic N) is 5. The first kappa shape index (κ1) is 20.9. The average molecular weight is 468 g/mol. The van der Waals surface area contributed by atoms with Gasteiger partial charge in [0.2, 0.25) is 0 Å². The molecule has 0 radical (unpaired) electrons. The summed E-state index contributed by atoms with van der Waals surface area (Å²) in [6, 6.07) is 9.03. The number of aromatic nitrogens is 2. The topological polar surface area (TPSA) is 74.3 Å². The van der Waals surface area contributed by atoms with Crippen LogP contribution in [0.25, 0.3) is 11.7 Å². The van der Waals surface area contributed by atoms with Crippen LogP contribution in [-0.2, 0) is 11.3 Å². The second-order valence-corrected chi connectivity index (χ2v) is 9.40. The Balaban J connectivity index is 1.57. The number of anilines is 1. The molecule has 0 aromatic carbocycles. The number of piperazine rings is 1. The summed E-state index contributed by atoms with van der Waals surface area (Å²) in [4.78, 5) is 37.6. The molecule has 1 amide bonds. The van der Waals surface area contributed by atoms with Gasteiger partial charge in [-0.3, -0.25) is 18.9 Å². The summed E-state index contributed by atoms with van der Waals surface area (Å²) in [7, 11) is 2.07. The molecule has 0 unspecified atom stereocenters. The van der Waals surface area contributed by atoms with E-state index in [1.165, 1.54) is 21.1 Å². The van der Waals surface area contributed by atoms with E-state index >= 15 is 0 Å². The third kappa shape index (κ3) is 3.85. The van der Waals surface area contributed by atoms with Crippen molar-refractivity contribution in [1.29, 1.82) is 0 Å². The number of likely N-dealkylation sites (N-methyl/N-ethyl adjacent to an activating group) is 1. The lowest BCUT2D eigenvalue weighted by Gasteiger charge is -2.34. The van der Waals surface area contributed by atoms with Crippen molar-refractivity contribution >= 4 is 51.7 Å². The Hall–Kier alpha value is -2.95. The molecule has 0 atom stereocenters. The number of thiocarbonyl (C=S) groups is 1.